The van der Waals surface area contributed by atoms with Crippen molar-refractivity contribution >= 4 is 27.4 Å². The number of aryl methyl sites for hydroxylation is 2. The van der Waals surface area contributed by atoms with E-state index in [2.05, 4.69) is 34.2 Å². The summed E-state index contributed by atoms with van der Waals surface area (Å²) >= 11 is 1.71. The molecule has 0 fully saturated rings. The van der Waals surface area contributed by atoms with Crippen molar-refractivity contribution < 1.29 is 0 Å². The van der Waals surface area contributed by atoms with E-state index in [0.717, 1.165) is 21.9 Å². The summed E-state index contributed by atoms with van der Waals surface area (Å²) in [6.07, 6.45) is 3.68. The number of rotatable bonds is 3. The predicted octanol–water partition coefficient (Wildman–Crippen LogP) is 2.59. The van der Waals surface area contributed by atoms with Crippen LogP contribution < -0.4 is 5.32 Å². The van der Waals surface area contributed by atoms with Gasteiger partial charge in [0.1, 0.15) is 17.2 Å². The number of fused-ring (bicyclic) bond motifs is 1. The Labute approximate surface area is 115 Å². The third kappa shape index (κ3) is 2.08. The molecular formula is C13H15N5S. The molecular weight excluding hydrogens is 258 g/mol. The maximum absolute atomic E-state index is 4.65. The first-order valence-corrected chi connectivity index (χ1v) is 6.92. The molecule has 3 rings (SSSR count). The quantitative estimate of drug-likeness (QED) is 0.797. The molecule has 0 bridgehead atoms. The number of hydrogen-bond acceptors (Lipinski definition) is 5. The summed E-state index contributed by atoms with van der Waals surface area (Å²) in [6.45, 7) is 4.83. The van der Waals surface area contributed by atoms with E-state index in [-0.39, 0.29) is 0 Å². The Morgan fingerprint density at radius 1 is 1.32 bits per heavy atom. The molecule has 0 aromatic carbocycles. The monoisotopic (exact) mass is 273 g/mol. The van der Waals surface area contributed by atoms with Crippen LogP contribution in [0.1, 0.15) is 16.3 Å². The van der Waals surface area contributed by atoms with Gasteiger partial charge < -0.3 is 5.32 Å². The highest BCUT2D eigenvalue weighted by Gasteiger charge is 2.13. The molecule has 0 aliphatic rings. The second-order valence-electron chi connectivity index (χ2n) is 4.41. The molecule has 0 spiro atoms. The van der Waals surface area contributed by atoms with Crippen LogP contribution in [0.25, 0.3) is 10.2 Å². The van der Waals surface area contributed by atoms with Crippen LogP contribution in [0, 0.1) is 13.8 Å². The van der Waals surface area contributed by atoms with Gasteiger partial charge in [0, 0.05) is 24.3 Å². The smallest absolute Gasteiger partial charge is 0.153 e. The van der Waals surface area contributed by atoms with Crippen LogP contribution >= 0.6 is 11.3 Å². The largest absolute Gasteiger partial charge is 0.372 e. The lowest BCUT2D eigenvalue weighted by atomic mass is 10.2. The van der Waals surface area contributed by atoms with Crippen molar-refractivity contribution in [2.24, 2.45) is 0 Å². The first-order valence-electron chi connectivity index (χ1n) is 6.11. The molecule has 0 atom stereocenters. The Morgan fingerprint density at radius 3 is 2.84 bits per heavy atom. The molecule has 6 heteroatoms. The van der Waals surface area contributed by atoms with Crippen molar-refractivity contribution in [2.45, 2.75) is 20.4 Å². The van der Waals surface area contributed by atoms with Gasteiger partial charge in [-0.3, -0.25) is 4.68 Å². The number of hydrogen-bond donors (Lipinski definition) is 1. The van der Waals surface area contributed by atoms with E-state index < -0.39 is 0 Å². The third-order valence-electron chi connectivity index (χ3n) is 3.17. The fourth-order valence-electron chi connectivity index (χ4n) is 2.08. The van der Waals surface area contributed by atoms with Crippen molar-refractivity contribution in [3.8, 4) is 0 Å². The molecule has 19 heavy (non-hydrogen) atoms. The standard InChI is InChI=1S/C13H15N5S/c1-8-9(2)19-13-11(8)12(14-3)16-10(17-13)7-18-6-4-5-15-18/h4-6H,7H2,1-3H3,(H,14,16,17). The Kier molecular flexibility index (Phi) is 2.94. The van der Waals surface area contributed by atoms with Gasteiger partial charge in [0.2, 0.25) is 0 Å². The fraction of sp³-hybridized carbons (Fsp3) is 0.308. The van der Waals surface area contributed by atoms with E-state index in [1.54, 1.807) is 17.5 Å². The van der Waals surface area contributed by atoms with Crippen molar-refractivity contribution in [3.05, 3.63) is 34.7 Å². The summed E-state index contributed by atoms with van der Waals surface area (Å²) in [5.41, 5.74) is 1.26. The molecule has 98 valence electrons. The molecule has 3 aromatic rings. The van der Waals surface area contributed by atoms with E-state index in [9.17, 15) is 0 Å². The lowest BCUT2D eigenvalue weighted by molar-refractivity contribution is 0.659. The lowest BCUT2D eigenvalue weighted by Gasteiger charge is -2.06. The number of nitrogens with one attached hydrogen (secondary N) is 1. The predicted molar refractivity (Wildman–Crippen MR) is 77.8 cm³/mol. The van der Waals surface area contributed by atoms with E-state index in [1.807, 2.05) is 24.0 Å². The van der Waals surface area contributed by atoms with Crippen LogP contribution in [0.15, 0.2) is 18.5 Å². The minimum atomic E-state index is 0.591. The highest BCUT2D eigenvalue weighted by molar-refractivity contribution is 7.18. The van der Waals surface area contributed by atoms with Gasteiger partial charge in [0.25, 0.3) is 0 Å². The highest BCUT2D eigenvalue weighted by atomic mass is 32.1. The fourth-order valence-corrected chi connectivity index (χ4v) is 3.13. The number of nitrogens with zero attached hydrogens (tertiary/aromatic N) is 4. The summed E-state index contributed by atoms with van der Waals surface area (Å²) in [7, 11) is 1.89. The second kappa shape index (κ2) is 4.62. The van der Waals surface area contributed by atoms with Crippen LogP contribution in [0.2, 0.25) is 0 Å². The lowest BCUT2D eigenvalue weighted by Crippen LogP contribution is -2.06. The molecule has 0 amide bonds. The van der Waals surface area contributed by atoms with E-state index >= 15 is 0 Å². The highest BCUT2D eigenvalue weighted by Crippen LogP contribution is 2.33. The maximum atomic E-state index is 4.65. The zero-order valence-corrected chi connectivity index (χ0v) is 12.0. The van der Waals surface area contributed by atoms with Crippen LogP contribution in [-0.4, -0.2) is 26.8 Å². The van der Waals surface area contributed by atoms with Crippen LogP contribution in [-0.2, 0) is 6.54 Å². The van der Waals surface area contributed by atoms with Gasteiger partial charge in [0.05, 0.1) is 5.39 Å². The third-order valence-corrected chi connectivity index (χ3v) is 4.28. The van der Waals surface area contributed by atoms with E-state index in [4.69, 9.17) is 0 Å². The van der Waals surface area contributed by atoms with Crippen molar-refractivity contribution in [2.75, 3.05) is 12.4 Å². The first-order chi connectivity index (χ1) is 9.19. The summed E-state index contributed by atoms with van der Waals surface area (Å²) in [5, 5.41) is 8.49. The molecule has 0 unspecified atom stereocenters. The topological polar surface area (TPSA) is 55.6 Å². The zero-order valence-electron chi connectivity index (χ0n) is 11.1. The average molecular weight is 273 g/mol. The summed E-state index contributed by atoms with van der Waals surface area (Å²) in [4.78, 5) is 11.6. The van der Waals surface area contributed by atoms with Gasteiger partial charge in [-0.05, 0) is 25.5 Å². The van der Waals surface area contributed by atoms with Crippen molar-refractivity contribution in [1.82, 2.24) is 19.7 Å². The molecule has 1 N–H and O–H groups in total. The molecule has 3 heterocycles. The van der Waals surface area contributed by atoms with Crippen LogP contribution in [0.3, 0.4) is 0 Å². The minimum absolute atomic E-state index is 0.591. The molecule has 0 radical (unpaired) electrons. The molecule has 0 aliphatic heterocycles. The van der Waals surface area contributed by atoms with Gasteiger partial charge >= 0.3 is 0 Å². The molecule has 3 aromatic heterocycles. The van der Waals surface area contributed by atoms with Crippen molar-refractivity contribution in [3.63, 3.8) is 0 Å². The minimum Gasteiger partial charge on any atom is -0.372 e. The normalized spacial score (nSPS) is 11.1. The van der Waals surface area contributed by atoms with Crippen molar-refractivity contribution in [1.29, 1.82) is 0 Å². The molecule has 5 nitrogen and oxygen atoms in total. The Balaban J connectivity index is 2.12. The van der Waals surface area contributed by atoms with Crippen LogP contribution in [0.5, 0.6) is 0 Å². The van der Waals surface area contributed by atoms with E-state index in [1.165, 1.54) is 10.4 Å². The van der Waals surface area contributed by atoms with Gasteiger partial charge in [-0.1, -0.05) is 0 Å². The van der Waals surface area contributed by atoms with E-state index in [0.29, 0.717) is 6.54 Å². The Hall–Kier alpha value is -1.95. The van der Waals surface area contributed by atoms with Crippen LogP contribution in [0.4, 0.5) is 5.82 Å². The SMILES string of the molecule is CNc1nc(Cn2cccn2)nc2sc(C)c(C)c12. The number of anilines is 1. The van der Waals surface area contributed by atoms with Gasteiger partial charge in [-0.2, -0.15) is 5.10 Å². The molecule has 0 saturated carbocycles. The second-order valence-corrected chi connectivity index (χ2v) is 5.61. The summed E-state index contributed by atoms with van der Waals surface area (Å²) in [5.74, 6) is 1.68. The number of aromatic nitrogens is 4. The summed E-state index contributed by atoms with van der Waals surface area (Å²) < 4.78 is 1.83. The van der Waals surface area contributed by atoms with Gasteiger partial charge in [-0.25, -0.2) is 9.97 Å². The summed E-state index contributed by atoms with van der Waals surface area (Å²) in [6, 6.07) is 1.90. The van der Waals surface area contributed by atoms with Gasteiger partial charge in [-0.15, -0.1) is 11.3 Å². The van der Waals surface area contributed by atoms with Gasteiger partial charge in [0.15, 0.2) is 5.82 Å². The maximum Gasteiger partial charge on any atom is 0.153 e. The zero-order chi connectivity index (χ0) is 13.4. The number of thiophene rings is 1. The first kappa shape index (κ1) is 12.1. The molecule has 0 aliphatic carbocycles. The molecule has 0 saturated heterocycles. The average Bonchev–Trinajstić information content (AvgIpc) is 2.98. The Morgan fingerprint density at radius 2 is 2.16 bits per heavy atom. The Bertz CT molecular complexity index is 714.